The Kier molecular flexibility index (Phi) is 6.61. The lowest BCUT2D eigenvalue weighted by molar-refractivity contribution is 0.367. The van der Waals surface area contributed by atoms with Crippen LogP contribution in [0.25, 0.3) is 6.08 Å². The summed E-state index contributed by atoms with van der Waals surface area (Å²) < 4.78 is 0. The van der Waals surface area contributed by atoms with E-state index in [2.05, 4.69) is 63.0 Å². The molecule has 0 spiro atoms. The van der Waals surface area contributed by atoms with Gasteiger partial charge < -0.3 is 10.2 Å². The van der Waals surface area contributed by atoms with Gasteiger partial charge in [-0.05, 0) is 61.3 Å². The van der Waals surface area contributed by atoms with Crippen molar-refractivity contribution in [1.82, 2.24) is 5.32 Å². The monoisotopic (exact) mass is 459 g/mol. The minimum Gasteiger partial charge on any atom is -0.319 e. The molecule has 1 aliphatic heterocycles. The summed E-state index contributed by atoms with van der Waals surface area (Å²) in [6, 6.07) is 15.6. The molecule has 2 aromatic rings. The number of nitrogens with zero attached hydrogens (tertiary/aromatic N) is 2. The van der Waals surface area contributed by atoms with Crippen LogP contribution < -0.4 is 10.2 Å². The van der Waals surface area contributed by atoms with E-state index < -0.39 is 5.54 Å². The van der Waals surface area contributed by atoms with Crippen molar-refractivity contribution < 1.29 is 0 Å². The van der Waals surface area contributed by atoms with Crippen LogP contribution in [0.4, 0.5) is 5.69 Å². The number of halogens is 2. The Hall–Kier alpha value is -1.88. The first-order chi connectivity index (χ1) is 14.0. The van der Waals surface area contributed by atoms with Crippen LogP contribution in [0.2, 0.25) is 10.0 Å². The second kappa shape index (κ2) is 8.70. The number of anilines is 1. The second-order valence-corrected chi connectivity index (χ2v) is 10.2. The van der Waals surface area contributed by atoms with Crippen LogP contribution in [0.5, 0.6) is 0 Å². The Morgan fingerprint density at radius 1 is 1.10 bits per heavy atom. The van der Waals surface area contributed by atoms with Crippen molar-refractivity contribution in [2.45, 2.75) is 46.2 Å². The molecule has 3 nitrogen and oxygen atoms in total. The Labute approximate surface area is 194 Å². The second-order valence-electron chi connectivity index (χ2n) is 8.97. The molecule has 0 amide bonds. The van der Waals surface area contributed by atoms with Gasteiger partial charge in [-0.1, -0.05) is 80.4 Å². The summed E-state index contributed by atoms with van der Waals surface area (Å²) in [5, 5.41) is 5.24. The number of hydrogen-bond acceptors (Lipinski definition) is 2. The zero-order valence-corrected chi connectivity index (χ0v) is 20.2. The van der Waals surface area contributed by atoms with E-state index in [0.29, 0.717) is 15.2 Å². The Bertz CT molecular complexity index is 991. The van der Waals surface area contributed by atoms with Gasteiger partial charge in [-0.3, -0.25) is 4.99 Å². The van der Waals surface area contributed by atoms with E-state index in [1.807, 2.05) is 36.4 Å². The molecule has 30 heavy (non-hydrogen) atoms. The molecule has 1 heterocycles. The largest absolute Gasteiger partial charge is 0.319 e. The van der Waals surface area contributed by atoms with Crippen LogP contribution in [0.15, 0.2) is 59.6 Å². The molecule has 3 rings (SSSR count). The van der Waals surface area contributed by atoms with Gasteiger partial charge in [0, 0.05) is 15.7 Å². The predicted molar refractivity (Wildman–Crippen MR) is 135 cm³/mol. The molecule has 1 fully saturated rings. The quantitative estimate of drug-likeness (QED) is 0.498. The molecule has 0 aliphatic carbocycles. The number of aliphatic imine (C=N–C) groups is 1. The fourth-order valence-corrected chi connectivity index (χ4v) is 4.27. The third-order valence-corrected chi connectivity index (χ3v) is 6.00. The summed E-state index contributed by atoms with van der Waals surface area (Å²) >= 11 is 18.0. The van der Waals surface area contributed by atoms with Crippen LogP contribution in [0.3, 0.4) is 0 Å². The summed E-state index contributed by atoms with van der Waals surface area (Å²) in [6.45, 7) is 10.8. The zero-order chi connectivity index (χ0) is 22.1. The van der Waals surface area contributed by atoms with Crippen LogP contribution in [0.1, 0.15) is 40.2 Å². The summed E-state index contributed by atoms with van der Waals surface area (Å²) in [7, 11) is 0. The normalized spacial score (nSPS) is 18.8. The lowest BCUT2D eigenvalue weighted by atomic mass is 9.86. The number of amidine groups is 1. The van der Waals surface area contributed by atoms with E-state index in [4.69, 9.17) is 40.4 Å². The highest BCUT2D eigenvalue weighted by Crippen LogP contribution is 2.32. The van der Waals surface area contributed by atoms with Crippen molar-refractivity contribution in [3.8, 4) is 0 Å². The molecular formula is C24H27Cl2N3S. The molecule has 6 heteroatoms. The summed E-state index contributed by atoms with van der Waals surface area (Å²) in [4.78, 5) is 7.22. The highest BCUT2D eigenvalue weighted by Gasteiger charge is 2.43. The minimum atomic E-state index is -0.395. The van der Waals surface area contributed by atoms with Crippen molar-refractivity contribution in [1.29, 1.82) is 0 Å². The van der Waals surface area contributed by atoms with Gasteiger partial charge in [0.1, 0.15) is 5.84 Å². The molecule has 0 unspecified atom stereocenters. The smallest absolute Gasteiger partial charge is 0.179 e. The van der Waals surface area contributed by atoms with Crippen LogP contribution in [-0.4, -0.2) is 22.5 Å². The maximum atomic E-state index is 6.34. The standard InChI is InChI=1S/C24H27Cl2N3S/c1-23(2,3)20(14-12-16-11-13-17(25)15-19(16)26)27-21-24(4,5)29(22(30)28-21)18-9-7-6-8-10-18/h6-15,20H,1-5H3,(H,27,28,30)/b14-12+/t20-/m0/s1. The molecular weight excluding hydrogens is 433 g/mol. The van der Waals surface area contributed by atoms with Crippen LogP contribution in [0, 0.1) is 5.41 Å². The maximum absolute atomic E-state index is 6.34. The van der Waals surface area contributed by atoms with E-state index in [-0.39, 0.29) is 11.5 Å². The summed E-state index contributed by atoms with van der Waals surface area (Å²) in [6.07, 6.45) is 4.10. The third kappa shape index (κ3) is 4.88. The van der Waals surface area contributed by atoms with E-state index in [9.17, 15) is 0 Å². The van der Waals surface area contributed by atoms with Gasteiger partial charge in [0.25, 0.3) is 0 Å². The minimum absolute atomic E-state index is 0.0791. The van der Waals surface area contributed by atoms with Gasteiger partial charge in [-0.2, -0.15) is 0 Å². The Morgan fingerprint density at radius 2 is 1.77 bits per heavy atom. The average Bonchev–Trinajstić information content (AvgIpc) is 2.87. The van der Waals surface area contributed by atoms with Crippen molar-refractivity contribution in [3.63, 3.8) is 0 Å². The zero-order valence-electron chi connectivity index (χ0n) is 17.9. The number of hydrogen-bond donors (Lipinski definition) is 1. The molecule has 1 aliphatic rings. The van der Waals surface area contributed by atoms with E-state index in [1.54, 1.807) is 6.07 Å². The molecule has 1 saturated heterocycles. The fraction of sp³-hybridized carbons (Fsp3) is 0.333. The number of rotatable bonds is 4. The number of thiocarbonyl (C=S) groups is 1. The molecule has 1 atom stereocenters. The van der Waals surface area contributed by atoms with Crippen molar-refractivity contribution in [2.75, 3.05) is 4.90 Å². The summed E-state index contributed by atoms with van der Waals surface area (Å²) in [5.41, 5.74) is 1.46. The lowest BCUT2D eigenvalue weighted by Gasteiger charge is -2.32. The van der Waals surface area contributed by atoms with Gasteiger partial charge in [0.15, 0.2) is 5.11 Å². The number of benzene rings is 2. The van der Waals surface area contributed by atoms with Gasteiger partial charge >= 0.3 is 0 Å². The highest BCUT2D eigenvalue weighted by molar-refractivity contribution is 7.80. The molecule has 158 valence electrons. The van der Waals surface area contributed by atoms with Crippen molar-refractivity contribution in [2.24, 2.45) is 10.4 Å². The van der Waals surface area contributed by atoms with E-state index >= 15 is 0 Å². The topological polar surface area (TPSA) is 27.6 Å². The number of nitrogens with one attached hydrogen (secondary N) is 1. The van der Waals surface area contributed by atoms with Crippen LogP contribution >= 0.6 is 35.4 Å². The first kappa shape index (κ1) is 22.8. The average molecular weight is 460 g/mol. The molecule has 1 N–H and O–H groups in total. The molecule has 0 bridgehead atoms. The maximum Gasteiger partial charge on any atom is 0.179 e. The Morgan fingerprint density at radius 3 is 2.37 bits per heavy atom. The SMILES string of the molecule is CC(C)(C)[C@H](/C=C/c1ccc(Cl)cc1Cl)N=C1NC(=S)N(c2ccccc2)C1(C)C. The Balaban J connectivity index is 1.96. The fourth-order valence-electron chi connectivity index (χ4n) is 3.37. The van der Waals surface area contributed by atoms with Gasteiger partial charge in [-0.15, -0.1) is 0 Å². The molecule has 0 aromatic heterocycles. The van der Waals surface area contributed by atoms with Crippen LogP contribution in [-0.2, 0) is 0 Å². The molecule has 0 radical (unpaired) electrons. The molecule has 2 aromatic carbocycles. The predicted octanol–water partition coefficient (Wildman–Crippen LogP) is 6.99. The number of para-hydroxylation sites is 1. The first-order valence-electron chi connectivity index (χ1n) is 9.88. The summed E-state index contributed by atoms with van der Waals surface area (Å²) in [5.74, 6) is 0.850. The van der Waals surface area contributed by atoms with Crippen molar-refractivity contribution in [3.05, 3.63) is 70.2 Å². The van der Waals surface area contributed by atoms with Gasteiger partial charge in [0.05, 0.1) is 11.6 Å². The van der Waals surface area contributed by atoms with Crippen molar-refractivity contribution >= 4 is 58.1 Å². The van der Waals surface area contributed by atoms with Gasteiger partial charge in [-0.25, -0.2) is 0 Å². The van der Waals surface area contributed by atoms with E-state index in [0.717, 1.165) is 17.1 Å². The first-order valence-corrected chi connectivity index (χ1v) is 11.0. The lowest BCUT2D eigenvalue weighted by Crippen LogP contribution is -2.45. The molecule has 0 saturated carbocycles. The van der Waals surface area contributed by atoms with Gasteiger partial charge in [0.2, 0.25) is 0 Å². The van der Waals surface area contributed by atoms with E-state index in [1.165, 1.54) is 0 Å². The third-order valence-electron chi connectivity index (χ3n) is 5.16. The highest BCUT2D eigenvalue weighted by atomic mass is 35.5.